The topological polar surface area (TPSA) is 84.0 Å². The van der Waals surface area contributed by atoms with Gasteiger partial charge in [0.25, 0.3) is 0 Å². The minimum absolute atomic E-state index is 0.0422. The Balaban J connectivity index is 2.85. The molecule has 1 aromatic heterocycles. The van der Waals surface area contributed by atoms with E-state index in [9.17, 15) is 9.13 Å². The van der Waals surface area contributed by atoms with Crippen LogP contribution in [0.4, 0.5) is 0 Å². The van der Waals surface area contributed by atoms with Crippen LogP contribution in [0.25, 0.3) is 10.9 Å². The molecular weight excluding hydrogens is 328 g/mol. The Morgan fingerprint density at radius 2 is 1.41 bits per heavy atom. The molecule has 0 saturated heterocycles. The smallest absolute Gasteiger partial charge is 0.309 e. The van der Waals surface area contributed by atoms with Crippen molar-refractivity contribution in [1.29, 1.82) is 0 Å². The molecule has 0 unspecified atom stereocenters. The number of nitrogens with zero attached hydrogens (tertiary/aromatic N) is 1. The third-order valence-corrected chi connectivity index (χ3v) is 6.89. The molecule has 0 saturated carbocycles. The van der Waals surface area contributed by atoms with E-state index in [1.54, 1.807) is 24.3 Å². The van der Waals surface area contributed by atoms with Crippen molar-refractivity contribution < 1.29 is 27.2 Å². The molecule has 2 rings (SSSR count). The van der Waals surface area contributed by atoms with Gasteiger partial charge >= 0.3 is 15.2 Å². The quantitative estimate of drug-likeness (QED) is 0.744. The van der Waals surface area contributed by atoms with E-state index >= 15 is 0 Å². The van der Waals surface area contributed by atoms with Crippen LogP contribution in [0.3, 0.4) is 0 Å². The van der Waals surface area contributed by atoms with Crippen LogP contribution in [0.2, 0.25) is 0 Å². The molecular formula is C13H17NO6P2. The molecule has 120 valence electrons. The molecule has 1 heterocycles. The third kappa shape index (κ3) is 2.88. The van der Waals surface area contributed by atoms with Crippen molar-refractivity contribution in [3.8, 4) is 0 Å². The first-order valence-corrected chi connectivity index (χ1v) is 9.36. The van der Waals surface area contributed by atoms with Crippen molar-refractivity contribution in [2.45, 2.75) is 0 Å². The summed E-state index contributed by atoms with van der Waals surface area (Å²) >= 11 is 0. The molecule has 0 bridgehead atoms. The number of rotatable bonds is 6. The second-order valence-electron chi connectivity index (χ2n) is 4.24. The summed E-state index contributed by atoms with van der Waals surface area (Å²) in [5.74, 6) is 0. The highest BCUT2D eigenvalue weighted by atomic mass is 31.2. The number of para-hydroxylation sites is 1. The summed E-state index contributed by atoms with van der Waals surface area (Å²) in [4.78, 5) is 4.29. The van der Waals surface area contributed by atoms with Crippen LogP contribution in [0.1, 0.15) is 0 Å². The van der Waals surface area contributed by atoms with Gasteiger partial charge in [0.05, 0.1) is 10.8 Å². The van der Waals surface area contributed by atoms with Gasteiger partial charge in [-0.2, -0.15) is 0 Å². The maximum absolute atomic E-state index is 12.8. The van der Waals surface area contributed by atoms with Gasteiger partial charge in [-0.05, 0) is 12.1 Å². The number of hydrogen-bond acceptors (Lipinski definition) is 7. The van der Waals surface area contributed by atoms with Gasteiger partial charge in [0.2, 0.25) is 0 Å². The first kappa shape index (κ1) is 17.3. The standard InChI is InChI=1S/C13H17NO6P2/c1-17-21(15,18-2)12-9-13(22(16,19-3)20-4)14-11-8-6-5-7-10(11)12/h5-9H,1-4H3. The lowest BCUT2D eigenvalue weighted by Gasteiger charge is -2.19. The summed E-state index contributed by atoms with van der Waals surface area (Å²) in [6, 6.07) is 8.35. The van der Waals surface area contributed by atoms with Gasteiger partial charge in [0.15, 0.2) is 5.44 Å². The van der Waals surface area contributed by atoms with Crippen molar-refractivity contribution in [2.24, 2.45) is 0 Å². The summed E-state index contributed by atoms with van der Waals surface area (Å²) in [6.45, 7) is 0. The van der Waals surface area contributed by atoms with Gasteiger partial charge in [0.1, 0.15) is 0 Å². The van der Waals surface area contributed by atoms with Gasteiger partial charge in [-0.15, -0.1) is 0 Å². The van der Waals surface area contributed by atoms with Crippen LogP contribution in [-0.4, -0.2) is 33.4 Å². The Hall–Kier alpha value is -1.07. The maximum atomic E-state index is 12.8. The molecule has 0 aliphatic heterocycles. The molecule has 2 aromatic rings. The largest absolute Gasteiger partial charge is 0.379 e. The average Bonchev–Trinajstić information content (AvgIpc) is 2.59. The highest BCUT2D eigenvalue weighted by molar-refractivity contribution is 7.64. The van der Waals surface area contributed by atoms with E-state index in [1.807, 2.05) is 0 Å². The molecule has 0 N–H and O–H groups in total. The minimum Gasteiger partial charge on any atom is -0.309 e. The Labute approximate surface area is 128 Å². The Morgan fingerprint density at radius 3 is 1.95 bits per heavy atom. The molecule has 0 aliphatic rings. The number of benzene rings is 1. The molecule has 22 heavy (non-hydrogen) atoms. The monoisotopic (exact) mass is 345 g/mol. The van der Waals surface area contributed by atoms with Crippen LogP contribution in [0, 0.1) is 0 Å². The molecule has 0 amide bonds. The first-order valence-electron chi connectivity index (χ1n) is 6.28. The molecule has 0 aliphatic carbocycles. The van der Waals surface area contributed by atoms with Crippen LogP contribution in [0.15, 0.2) is 30.3 Å². The zero-order valence-corrected chi connectivity index (χ0v) is 14.5. The lowest BCUT2D eigenvalue weighted by atomic mass is 10.2. The normalized spacial score (nSPS) is 12.7. The Kier molecular flexibility index (Phi) is 5.17. The second-order valence-corrected chi connectivity index (χ2v) is 8.63. The van der Waals surface area contributed by atoms with Gasteiger partial charge in [-0.3, -0.25) is 9.13 Å². The zero-order chi connectivity index (χ0) is 16.4. The van der Waals surface area contributed by atoms with Crippen molar-refractivity contribution in [2.75, 3.05) is 28.4 Å². The highest BCUT2D eigenvalue weighted by Crippen LogP contribution is 2.49. The number of hydrogen-bond donors (Lipinski definition) is 0. The average molecular weight is 345 g/mol. The van der Waals surface area contributed by atoms with Crippen LogP contribution in [-0.2, 0) is 27.2 Å². The first-order chi connectivity index (χ1) is 10.4. The van der Waals surface area contributed by atoms with Crippen LogP contribution in [0.5, 0.6) is 0 Å². The second kappa shape index (κ2) is 6.59. The SMILES string of the molecule is COP(=O)(OC)c1cc(P(=O)(OC)OC)c2ccccc2n1. The molecule has 0 atom stereocenters. The summed E-state index contributed by atoms with van der Waals surface area (Å²) in [7, 11) is -2.09. The number of aromatic nitrogens is 1. The van der Waals surface area contributed by atoms with E-state index in [0.717, 1.165) is 0 Å². The van der Waals surface area contributed by atoms with Gasteiger partial charge < -0.3 is 18.1 Å². The van der Waals surface area contributed by atoms with E-state index in [1.165, 1.54) is 34.5 Å². The van der Waals surface area contributed by atoms with Crippen molar-refractivity contribution in [1.82, 2.24) is 4.98 Å². The molecule has 9 heteroatoms. The summed E-state index contributed by atoms with van der Waals surface area (Å²) in [5.41, 5.74) is 0.527. The van der Waals surface area contributed by atoms with E-state index in [-0.39, 0.29) is 10.7 Å². The van der Waals surface area contributed by atoms with Gasteiger partial charge in [-0.25, -0.2) is 4.98 Å². The lowest BCUT2D eigenvalue weighted by Crippen LogP contribution is -2.21. The van der Waals surface area contributed by atoms with E-state index < -0.39 is 15.2 Å². The van der Waals surface area contributed by atoms with E-state index in [4.69, 9.17) is 18.1 Å². The lowest BCUT2D eigenvalue weighted by molar-refractivity contribution is 0.286. The highest BCUT2D eigenvalue weighted by Gasteiger charge is 2.33. The molecule has 1 aromatic carbocycles. The summed E-state index contributed by atoms with van der Waals surface area (Å²) in [6.07, 6.45) is 0. The molecule has 0 spiro atoms. The number of fused-ring (bicyclic) bond motifs is 1. The predicted octanol–water partition coefficient (Wildman–Crippen LogP) is 2.46. The van der Waals surface area contributed by atoms with Crippen molar-refractivity contribution >= 4 is 36.8 Å². The minimum atomic E-state index is -3.60. The fourth-order valence-corrected chi connectivity index (χ4v) is 4.49. The molecule has 7 nitrogen and oxygen atoms in total. The maximum Gasteiger partial charge on any atom is 0.379 e. The summed E-state index contributed by atoms with van der Waals surface area (Å²) < 4.78 is 45.4. The Morgan fingerprint density at radius 1 is 0.864 bits per heavy atom. The van der Waals surface area contributed by atoms with Crippen molar-refractivity contribution in [3.05, 3.63) is 30.3 Å². The fourth-order valence-electron chi connectivity index (χ4n) is 2.04. The van der Waals surface area contributed by atoms with E-state index in [2.05, 4.69) is 4.98 Å². The van der Waals surface area contributed by atoms with Crippen LogP contribution < -0.4 is 10.7 Å². The van der Waals surface area contributed by atoms with E-state index in [0.29, 0.717) is 10.9 Å². The molecule has 0 radical (unpaired) electrons. The van der Waals surface area contributed by atoms with Crippen LogP contribution >= 0.6 is 15.2 Å². The zero-order valence-electron chi connectivity index (χ0n) is 12.7. The van der Waals surface area contributed by atoms with Gasteiger partial charge in [0, 0.05) is 33.8 Å². The van der Waals surface area contributed by atoms with Gasteiger partial charge in [-0.1, -0.05) is 18.2 Å². The third-order valence-electron chi connectivity index (χ3n) is 3.22. The molecule has 0 fully saturated rings. The van der Waals surface area contributed by atoms with Crippen molar-refractivity contribution in [3.63, 3.8) is 0 Å². The fraction of sp³-hybridized carbons (Fsp3) is 0.308. The number of pyridine rings is 1. The summed E-state index contributed by atoms with van der Waals surface area (Å²) in [5, 5.41) is 0.837. The predicted molar refractivity (Wildman–Crippen MR) is 84.3 cm³/mol. The Bertz CT molecular complexity index is 762.